The number of aromatic nitrogens is 4. The van der Waals surface area contributed by atoms with E-state index in [9.17, 15) is 0 Å². The second kappa shape index (κ2) is 5.23. The van der Waals surface area contributed by atoms with Crippen LogP contribution in [-0.2, 0) is 0 Å². The summed E-state index contributed by atoms with van der Waals surface area (Å²) in [5, 5.41) is 4.46. The van der Waals surface area contributed by atoms with Crippen molar-refractivity contribution in [3.05, 3.63) is 35.5 Å². The molecule has 20 heavy (non-hydrogen) atoms. The summed E-state index contributed by atoms with van der Waals surface area (Å²) in [4.78, 5) is 11.4. The van der Waals surface area contributed by atoms with Gasteiger partial charge in [-0.05, 0) is 39.2 Å². The van der Waals surface area contributed by atoms with Crippen LogP contribution in [0.25, 0.3) is 0 Å². The number of aryl methyl sites for hydroxylation is 3. The van der Waals surface area contributed by atoms with Crippen LogP contribution in [-0.4, -0.2) is 32.8 Å². The maximum absolute atomic E-state index is 4.66. The van der Waals surface area contributed by atoms with Crippen LogP contribution in [0.3, 0.4) is 0 Å². The van der Waals surface area contributed by atoms with E-state index in [0.29, 0.717) is 6.04 Å². The highest BCUT2D eigenvalue weighted by atomic mass is 15.3. The SMILES string of the molecule is Cc1cnn(C2CCCN(c3nc(C)cnc3C)C2)c1. The molecule has 1 fully saturated rings. The minimum Gasteiger partial charge on any atom is -0.353 e. The average molecular weight is 271 g/mol. The van der Waals surface area contributed by atoms with Gasteiger partial charge in [-0.3, -0.25) is 9.67 Å². The summed E-state index contributed by atoms with van der Waals surface area (Å²) < 4.78 is 2.10. The van der Waals surface area contributed by atoms with Crippen molar-refractivity contribution in [2.24, 2.45) is 0 Å². The second-order valence-corrected chi connectivity index (χ2v) is 5.66. The highest BCUT2D eigenvalue weighted by Gasteiger charge is 2.24. The summed E-state index contributed by atoms with van der Waals surface area (Å²) >= 11 is 0. The Balaban J connectivity index is 1.83. The molecule has 0 bridgehead atoms. The smallest absolute Gasteiger partial charge is 0.150 e. The third-order valence-corrected chi connectivity index (χ3v) is 3.85. The molecule has 3 rings (SSSR count). The Bertz CT molecular complexity index is 604. The minimum absolute atomic E-state index is 0.430. The van der Waals surface area contributed by atoms with E-state index in [2.05, 4.69) is 37.8 Å². The highest BCUT2D eigenvalue weighted by molar-refractivity contribution is 5.43. The van der Waals surface area contributed by atoms with Crippen molar-refractivity contribution < 1.29 is 0 Å². The van der Waals surface area contributed by atoms with Crippen LogP contribution >= 0.6 is 0 Å². The topological polar surface area (TPSA) is 46.8 Å². The van der Waals surface area contributed by atoms with E-state index in [-0.39, 0.29) is 0 Å². The van der Waals surface area contributed by atoms with Crippen molar-refractivity contribution in [1.82, 2.24) is 19.7 Å². The molecule has 106 valence electrons. The molecule has 1 saturated heterocycles. The molecule has 0 aromatic carbocycles. The molecule has 0 spiro atoms. The number of nitrogens with zero attached hydrogens (tertiary/aromatic N) is 5. The number of hydrogen-bond acceptors (Lipinski definition) is 4. The molecule has 3 heterocycles. The van der Waals surface area contributed by atoms with E-state index >= 15 is 0 Å². The predicted octanol–water partition coefficient (Wildman–Crippen LogP) is 2.44. The molecule has 5 nitrogen and oxygen atoms in total. The fraction of sp³-hybridized carbons (Fsp3) is 0.533. The number of anilines is 1. The van der Waals surface area contributed by atoms with Crippen molar-refractivity contribution >= 4 is 5.82 Å². The predicted molar refractivity (Wildman–Crippen MR) is 79.0 cm³/mol. The van der Waals surface area contributed by atoms with Crippen molar-refractivity contribution in [2.75, 3.05) is 18.0 Å². The lowest BCUT2D eigenvalue weighted by molar-refractivity contribution is 0.374. The lowest BCUT2D eigenvalue weighted by Crippen LogP contribution is -2.38. The molecule has 5 heteroatoms. The number of piperidine rings is 1. The van der Waals surface area contributed by atoms with Crippen LogP contribution in [0.15, 0.2) is 18.6 Å². The third kappa shape index (κ3) is 2.53. The maximum atomic E-state index is 4.66. The molecule has 0 radical (unpaired) electrons. The van der Waals surface area contributed by atoms with Gasteiger partial charge in [0.05, 0.1) is 23.6 Å². The van der Waals surface area contributed by atoms with Crippen molar-refractivity contribution in [2.45, 2.75) is 39.7 Å². The van der Waals surface area contributed by atoms with Gasteiger partial charge in [0.2, 0.25) is 0 Å². The van der Waals surface area contributed by atoms with Gasteiger partial charge in [-0.15, -0.1) is 0 Å². The Morgan fingerprint density at radius 3 is 2.80 bits per heavy atom. The van der Waals surface area contributed by atoms with Crippen LogP contribution in [0.4, 0.5) is 5.82 Å². The first-order chi connectivity index (χ1) is 9.63. The molecule has 0 saturated carbocycles. The first kappa shape index (κ1) is 13.1. The molecule has 1 aliphatic heterocycles. The average Bonchev–Trinajstić information content (AvgIpc) is 2.88. The van der Waals surface area contributed by atoms with Gasteiger partial charge in [0.15, 0.2) is 0 Å². The van der Waals surface area contributed by atoms with E-state index in [1.54, 1.807) is 0 Å². The Morgan fingerprint density at radius 1 is 1.20 bits per heavy atom. The van der Waals surface area contributed by atoms with Gasteiger partial charge in [-0.2, -0.15) is 5.10 Å². The fourth-order valence-corrected chi connectivity index (χ4v) is 2.82. The van der Waals surface area contributed by atoms with E-state index in [1.807, 2.05) is 26.2 Å². The Hall–Kier alpha value is -1.91. The van der Waals surface area contributed by atoms with Crippen LogP contribution in [0.1, 0.15) is 35.8 Å². The Morgan fingerprint density at radius 2 is 2.05 bits per heavy atom. The summed E-state index contributed by atoms with van der Waals surface area (Å²) in [5.41, 5.74) is 3.20. The summed E-state index contributed by atoms with van der Waals surface area (Å²) in [6, 6.07) is 0.430. The van der Waals surface area contributed by atoms with E-state index in [0.717, 1.165) is 30.3 Å². The van der Waals surface area contributed by atoms with E-state index in [1.165, 1.54) is 18.4 Å². The quantitative estimate of drug-likeness (QED) is 0.841. The van der Waals surface area contributed by atoms with Gasteiger partial charge in [-0.25, -0.2) is 4.98 Å². The molecular weight excluding hydrogens is 250 g/mol. The van der Waals surface area contributed by atoms with E-state index < -0.39 is 0 Å². The molecule has 1 unspecified atom stereocenters. The van der Waals surface area contributed by atoms with Gasteiger partial charge in [-0.1, -0.05) is 0 Å². The molecule has 2 aromatic heterocycles. The summed E-state index contributed by atoms with van der Waals surface area (Å²) in [6.45, 7) is 8.12. The molecule has 2 aromatic rings. The molecular formula is C15H21N5. The minimum atomic E-state index is 0.430. The number of hydrogen-bond donors (Lipinski definition) is 0. The standard InChI is InChI=1S/C15H21N5/c1-11-7-17-20(9-11)14-5-4-6-19(10-14)15-13(3)16-8-12(2)18-15/h7-9,14H,4-6,10H2,1-3H3. The van der Waals surface area contributed by atoms with E-state index in [4.69, 9.17) is 0 Å². The zero-order valence-corrected chi connectivity index (χ0v) is 12.4. The normalized spacial score (nSPS) is 19.4. The van der Waals surface area contributed by atoms with Crippen LogP contribution in [0, 0.1) is 20.8 Å². The fourth-order valence-electron chi connectivity index (χ4n) is 2.82. The molecule has 0 N–H and O–H groups in total. The van der Waals surface area contributed by atoms with Gasteiger partial charge in [0, 0.05) is 25.5 Å². The van der Waals surface area contributed by atoms with Crippen molar-refractivity contribution in [3.63, 3.8) is 0 Å². The van der Waals surface area contributed by atoms with Gasteiger partial charge >= 0.3 is 0 Å². The monoisotopic (exact) mass is 271 g/mol. The third-order valence-electron chi connectivity index (χ3n) is 3.85. The Kier molecular flexibility index (Phi) is 3.42. The second-order valence-electron chi connectivity index (χ2n) is 5.66. The van der Waals surface area contributed by atoms with Gasteiger partial charge in [0.1, 0.15) is 5.82 Å². The molecule has 0 aliphatic carbocycles. The summed E-state index contributed by atoms with van der Waals surface area (Å²) in [5.74, 6) is 1.03. The zero-order chi connectivity index (χ0) is 14.1. The first-order valence-corrected chi connectivity index (χ1v) is 7.19. The van der Waals surface area contributed by atoms with Gasteiger partial charge < -0.3 is 4.90 Å². The highest BCUT2D eigenvalue weighted by Crippen LogP contribution is 2.26. The van der Waals surface area contributed by atoms with Crippen molar-refractivity contribution in [3.8, 4) is 0 Å². The first-order valence-electron chi connectivity index (χ1n) is 7.19. The Labute approximate surface area is 119 Å². The van der Waals surface area contributed by atoms with Crippen LogP contribution in [0.5, 0.6) is 0 Å². The lowest BCUT2D eigenvalue weighted by atomic mass is 10.1. The van der Waals surface area contributed by atoms with Crippen LogP contribution < -0.4 is 4.90 Å². The summed E-state index contributed by atoms with van der Waals surface area (Å²) in [7, 11) is 0. The maximum Gasteiger partial charge on any atom is 0.150 e. The molecule has 1 atom stereocenters. The number of rotatable bonds is 2. The summed E-state index contributed by atoms with van der Waals surface area (Å²) in [6.07, 6.45) is 8.23. The van der Waals surface area contributed by atoms with Crippen molar-refractivity contribution in [1.29, 1.82) is 0 Å². The molecule has 0 amide bonds. The zero-order valence-electron chi connectivity index (χ0n) is 12.4. The van der Waals surface area contributed by atoms with Crippen LogP contribution in [0.2, 0.25) is 0 Å². The molecule has 1 aliphatic rings. The largest absolute Gasteiger partial charge is 0.353 e. The van der Waals surface area contributed by atoms with Gasteiger partial charge in [0.25, 0.3) is 0 Å². The lowest BCUT2D eigenvalue weighted by Gasteiger charge is -2.34.